The molecule has 0 saturated carbocycles. The number of ether oxygens (including phenoxy) is 5. The second-order valence-corrected chi connectivity index (χ2v) is 16.8. The van der Waals surface area contributed by atoms with Crippen molar-refractivity contribution in [1.82, 2.24) is 19.6 Å². The number of hydrogen-bond donors (Lipinski definition) is 0. The topological polar surface area (TPSA) is 247 Å². The van der Waals surface area contributed by atoms with E-state index in [0.29, 0.717) is 26.0 Å². The lowest BCUT2D eigenvalue weighted by molar-refractivity contribution is -0.138. The van der Waals surface area contributed by atoms with E-state index in [4.69, 9.17) is 23.7 Å². The van der Waals surface area contributed by atoms with Gasteiger partial charge in [0, 0.05) is 45.7 Å². The lowest BCUT2D eigenvalue weighted by Crippen LogP contribution is -2.38. The number of Topliss-reactive ketones (excluding diaryl/α,β-unsaturated/α-hetero) is 8. The maximum Gasteiger partial charge on any atom is 0.223 e. The number of carbonyl (C=O) groups is 11. The smallest absolute Gasteiger partial charge is 0.223 e. The maximum absolute atomic E-state index is 12.8. The molecule has 0 N–H and O–H groups in total. The fraction of sp³-hybridized carbons (Fsp3) is 0.761. The molecule has 20 nitrogen and oxygen atoms in total. The maximum atomic E-state index is 12.8. The average Bonchev–Trinajstić information content (AvgIpc) is 3.18. The summed E-state index contributed by atoms with van der Waals surface area (Å²) in [7, 11) is 0. The number of rotatable bonds is 43. The summed E-state index contributed by atoms with van der Waals surface area (Å²) in [6.07, 6.45) is 0.932. The van der Waals surface area contributed by atoms with Gasteiger partial charge in [-0.05, 0) is 94.0 Å². The van der Waals surface area contributed by atoms with Crippen molar-refractivity contribution in [3.8, 4) is 0 Å². The van der Waals surface area contributed by atoms with Crippen LogP contribution in [0.25, 0.3) is 0 Å². The molecular formula is C46H76N4O16. The van der Waals surface area contributed by atoms with Crippen LogP contribution < -0.4 is 0 Å². The highest BCUT2D eigenvalue weighted by molar-refractivity contribution is 5.90. The van der Waals surface area contributed by atoms with E-state index in [1.165, 1.54) is 70.1 Å². The SMILES string of the molecule is CC(=O)CN(CCCCOCC(COCC(COCCCC(=O)N(CC(C)=O)CC(C)=O)OCCCC(=O)N(CC(C)=O)CC(C)=O)OCCCC(=O)N(CC(C)=O)CC(C)=O)CC(C)=O. The summed E-state index contributed by atoms with van der Waals surface area (Å²) in [5.74, 6) is -2.72. The van der Waals surface area contributed by atoms with Gasteiger partial charge in [-0.25, -0.2) is 0 Å². The minimum absolute atomic E-state index is 0.00417. The summed E-state index contributed by atoms with van der Waals surface area (Å²) < 4.78 is 29.9. The van der Waals surface area contributed by atoms with Gasteiger partial charge in [0.25, 0.3) is 0 Å². The summed E-state index contributed by atoms with van der Waals surface area (Å²) >= 11 is 0. The van der Waals surface area contributed by atoms with Crippen LogP contribution in [0, 0.1) is 0 Å². The summed E-state index contributed by atoms with van der Waals surface area (Å²) in [5.41, 5.74) is 0. The summed E-state index contributed by atoms with van der Waals surface area (Å²) in [6, 6.07) is 0. The molecule has 0 radical (unpaired) electrons. The minimum Gasteiger partial charge on any atom is -0.379 e. The Morgan fingerprint density at radius 2 is 0.606 bits per heavy atom. The molecule has 0 heterocycles. The molecule has 0 aliphatic carbocycles. The van der Waals surface area contributed by atoms with Crippen molar-refractivity contribution in [1.29, 1.82) is 0 Å². The van der Waals surface area contributed by atoms with Crippen LogP contribution in [0.1, 0.15) is 107 Å². The highest BCUT2D eigenvalue weighted by Crippen LogP contribution is 2.08. The van der Waals surface area contributed by atoms with E-state index in [0.717, 1.165) is 0 Å². The lowest BCUT2D eigenvalue weighted by Gasteiger charge is -2.23. The average molecular weight is 941 g/mol. The molecule has 20 heteroatoms. The first kappa shape index (κ1) is 61.5. The highest BCUT2D eigenvalue weighted by atomic mass is 16.6. The number of nitrogens with zero attached hydrogens (tertiary/aromatic N) is 4. The van der Waals surface area contributed by atoms with Crippen LogP contribution in [-0.4, -0.2) is 208 Å². The molecule has 0 aliphatic heterocycles. The Morgan fingerprint density at radius 1 is 0.333 bits per heavy atom. The molecule has 0 fully saturated rings. The van der Waals surface area contributed by atoms with Crippen molar-refractivity contribution in [2.24, 2.45) is 0 Å². The van der Waals surface area contributed by atoms with Crippen molar-refractivity contribution >= 4 is 64.0 Å². The zero-order valence-electron chi connectivity index (χ0n) is 40.7. The Bertz CT molecular complexity index is 1520. The van der Waals surface area contributed by atoms with E-state index < -0.39 is 12.2 Å². The zero-order valence-corrected chi connectivity index (χ0v) is 40.7. The molecule has 0 spiro atoms. The summed E-state index contributed by atoms with van der Waals surface area (Å²) in [4.78, 5) is 137. The number of carbonyl (C=O) groups excluding carboxylic acids is 11. The van der Waals surface area contributed by atoms with E-state index in [-0.39, 0.29) is 201 Å². The van der Waals surface area contributed by atoms with Crippen molar-refractivity contribution < 1.29 is 76.4 Å². The van der Waals surface area contributed by atoms with Crippen molar-refractivity contribution in [3.05, 3.63) is 0 Å². The van der Waals surface area contributed by atoms with Crippen LogP contribution in [0.15, 0.2) is 0 Å². The molecule has 376 valence electrons. The van der Waals surface area contributed by atoms with Crippen molar-refractivity contribution in [2.45, 2.75) is 119 Å². The van der Waals surface area contributed by atoms with Gasteiger partial charge < -0.3 is 38.4 Å². The van der Waals surface area contributed by atoms with Gasteiger partial charge >= 0.3 is 0 Å². The van der Waals surface area contributed by atoms with E-state index in [9.17, 15) is 52.7 Å². The van der Waals surface area contributed by atoms with Gasteiger partial charge in [0.2, 0.25) is 17.7 Å². The molecule has 0 aliphatic rings. The van der Waals surface area contributed by atoms with Crippen molar-refractivity contribution in [2.75, 3.05) is 112 Å². The fourth-order valence-corrected chi connectivity index (χ4v) is 6.49. The minimum atomic E-state index is -0.658. The molecule has 0 saturated heterocycles. The molecule has 2 atom stereocenters. The van der Waals surface area contributed by atoms with Gasteiger partial charge in [0.05, 0.1) is 78.8 Å². The molecule has 0 aromatic heterocycles. The van der Waals surface area contributed by atoms with E-state index in [1.54, 1.807) is 4.90 Å². The standard InChI is InChI=1S/C46H76N4O16/c1-34(51)22-47(23-35(2)52)17-9-10-18-62-30-42(65-20-12-15-45(60)49(26-38(5)55)27-39(6)56)32-64-33-43(66-21-13-16-46(61)50(28-40(7)57)29-41(8)58)31-63-19-11-14-44(59)48(24-36(3)53)25-37(4)54/h42-43H,9-33H2,1-8H3. The predicted octanol–water partition coefficient (Wildman–Crippen LogP) is 1.43. The number of hydrogen-bond acceptors (Lipinski definition) is 17. The highest BCUT2D eigenvalue weighted by Gasteiger charge is 2.21. The van der Waals surface area contributed by atoms with Crippen LogP contribution >= 0.6 is 0 Å². The molecular weight excluding hydrogens is 865 g/mol. The second-order valence-electron chi connectivity index (χ2n) is 16.8. The number of amides is 3. The van der Waals surface area contributed by atoms with Crippen LogP contribution in [0.2, 0.25) is 0 Å². The molecule has 66 heavy (non-hydrogen) atoms. The molecule has 0 rings (SSSR count). The summed E-state index contributed by atoms with van der Waals surface area (Å²) in [5, 5.41) is 0. The Balaban J connectivity index is 5.74. The third-order valence-electron chi connectivity index (χ3n) is 9.12. The molecule has 0 bridgehead atoms. The third-order valence-corrected chi connectivity index (χ3v) is 9.12. The first-order chi connectivity index (χ1) is 31.1. The quantitative estimate of drug-likeness (QED) is 0.0785. The predicted molar refractivity (Wildman–Crippen MR) is 241 cm³/mol. The normalized spacial score (nSPS) is 12.0. The zero-order chi connectivity index (χ0) is 50.0. The Morgan fingerprint density at radius 3 is 0.909 bits per heavy atom. The largest absolute Gasteiger partial charge is 0.379 e. The monoisotopic (exact) mass is 941 g/mol. The Hall–Kier alpha value is -4.47. The van der Waals surface area contributed by atoms with Crippen LogP contribution in [0.3, 0.4) is 0 Å². The lowest BCUT2D eigenvalue weighted by atomic mass is 10.2. The van der Waals surface area contributed by atoms with Gasteiger partial charge in [0.1, 0.15) is 58.5 Å². The van der Waals surface area contributed by atoms with Gasteiger partial charge in [-0.1, -0.05) is 0 Å². The van der Waals surface area contributed by atoms with E-state index in [2.05, 4.69) is 0 Å². The molecule has 0 aromatic carbocycles. The van der Waals surface area contributed by atoms with Crippen LogP contribution in [0.4, 0.5) is 0 Å². The first-order valence-electron chi connectivity index (χ1n) is 22.6. The molecule has 2 unspecified atom stereocenters. The molecule has 0 aromatic rings. The van der Waals surface area contributed by atoms with E-state index in [1.807, 2.05) is 0 Å². The Kier molecular flexibility index (Phi) is 34.1. The summed E-state index contributed by atoms with van der Waals surface area (Å²) in [6.45, 7) is 11.6. The fourth-order valence-electron chi connectivity index (χ4n) is 6.49. The van der Waals surface area contributed by atoms with E-state index >= 15 is 0 Å². The van der Waals surface area contributed by atoms with Gasteiger partial charge in [-0.3, -0.25) is 57.6 Å². The third kappa shape index (κ3) is 34.8. The molecule has 3 amide bonds. The van der Waals surface area contributed by atoms with Gasteiger partial charge in [-0.15, -0.1) is 0 Å². The Labute approximate surface area is 390 Å². The number of unbranched alkanes of at least 4 members (excludes halogenated alkanes) is 1. The second kappa shape index (κ2) is 36.6. The van der Waals surface area contributed by atoms with Gasteiger partial charge in [-0.2, -0.15) is 0 Å². The van der Waals surface area contributed by atoms with Crippen molar-refractivity contribution in [3.63, 3.8) is 0 Å². The number of ketones is 8. The first-order valence-corrected chi connectivity index (χ1v) is 22.6. The van der Waals surface area contributed by atoms with Crippen LogP contribution in [-0.2, 0) is 76.4 Å². The van der Waals surface area contributed by atoms with Crippen LogP contribution in [0.5, 0.6) is 0 Å². The van der Waals surface area contributed by atoms with Gasteiger partial charge in [0.15, 0.2) is 0 Å².